The first-order valence-corrected chi connectivity index (χ1v) is 10.6. The van der Waals surface area contributed by atoms with Gasteiger partial charge in [-0.05, 0) is 58.0 Å². The SMILES string of the molecule is CCOc1ccc(-n2c(SCC(=O)NC(C)C)nnc2-c2cccc(C)c2)cc1. The Kier molecular flexibility index (Phi) is 6.93. The normalized spacial score (nSPS) is 10.9. The molecule has 0 saturated carbocycles. The van der Waals surface area contributed by atoms with Crippen LogP contribution in [0.1, 0.15) is 26.3 Å². The number of nitrogens with one attached hydrogen (secondary N) is 1. The molecule has 0 aliphatic heterocycles. The monoisotopic (exact) mass is 410 g/mol. The number of thioether (sulfide) groups is 1. The molecule has 7 heteroatoms. The molecule has 0 saturated heterocycles. The van der Waals surface area contributed by atoms with E-state index in [4.69, 9.17) is 4.74 Å². The minimum atomic E-state index is -0.0247. The van der Waals surface area contributed by atoms with E-state index in [1.54, 1.807) is 0 Å². The maximum absolute atomic E-state index is 12.1. The number of aromatic nitrogens is 3. The van der Waals surface area contributed by atoms with Gasteiger partial charge >= 0.3 is 0 Å². The Hall–Kier alpha value is -2.80. The van der Waals surface area contributed by atoms with E-state index in [1.807, 2.05) is 74.7 Å². The van der Waals surface area contributed by atoms with Crippen molar-refractivity contribution in [2.24, 2.45) is 0 Å². The van der Waals surface area contributed by atoms with Gasteiger partial charge in [0.05, 0.1) is 12.4 Å². The third-order valence-electron chi connectivity index (χ3n) is 4.10. The summed E-state index contributed by atoms with van der Waals surface area (Å²) in [6.45, 7) is 8.52. The van der Waals surface area contributed by atoms with E-state index in [1.165, 1.54) is 11.8 Å². The van der Waals surface area contributed by atoms with E-state index in [2.05, 4.69) is 21.6 Å². The van der Waals surface area contributed by atoms with Gasteiger partial charge in [0.15, 0.2) is 11.0 Å². The Labute approximate surface area is 175 Å². The molecule has 1 heterocycles. The first-order chi connectivity index (χ1) is 14.0. The number of amides is 1. The molecule has 0 bridgehead atoms. The molecule has 2 aromatic carbocycles. The fourth-order valence-electron chi connectivity index (χ4n) is 2.92. The molecule has 3 aromatic rings. The minimum absolute atomic E-state index is 0.0247. The van der Waals surface area contributed by atoms with Crippen LogP contribution in [-0.2, 0) is 4.79 Å². The summed E-state index contributed by atoms with van der Waals surface area (Å²) in [5, 5.41) is 12.4. The second kappa shape index (κ2) is 9.60. The summed E-state index contributed by atoms with van der Waals surface area (Å²) in [5.41, 5.74) is 3.04. The molecule has 0 radical (unpaired) electrons. The second-order valence-corrected chi connectivity index (χ2v) is 7.89. The average molecular weight is 411 g/mol. The van der Waals surface area contributed by atoms with E-state index in [0.29, 0.717) is 11.8 Å². The lowest BCUT2D eigenvalue weighted by atomic mass is 10.1. The highest BCUT2D eigenvalue weighted by Gasteiger charge is 2.17. The third-order valence-corrected chi connectivity index (χ3v) is 5.03. The highest BCUT2D eigenvalue weighted by molar-refractivity contribution is 7.99. The Balaban J connectivity index is 1.97. The maximum atomic E-state index is 12.1. The van der Waals surface area contributed by atoms with Crippen molar-refractivity contribution in [1.29, 1.82) is 0 Å². The van der Waals surface area contributed by atoms with Crippen LogP contribution in [0, 0.1) is 6.92 Å². The van der Waals surface area contributed by atoms with Gasteiger partial charge in [0, 0.05) is 17.3 Å². The second-order valence-electron chi connectivity index (χ2n) is 6.95. The quantitative estimate of drug-likeness (QED) is 0.562. The number of ether oxygens (including phenoxy) is 1. The zero-order valence-corrected chi connectivity index (χ0v) is 18.0. The molecular weight excluding hydrogens is 384 g/mol. The molecule has 1 N–H and O–H groups in total. The van der Waals surface area contributed by atoms with Crippen LogP contribution in [0.2, 0.25) is 0 Å². The maximum Gasteiger partial charge on any atom is 0.230 e. The number of hydrogen-bond donors (Lipinski definition) is 1. The Morgan fingerprint density at radius 3 is 2.59 bits per heavy atom. The van der Waals surface area contributed by atoms with E-state index in [-0.39, 0.29) is 17.7 Å². The summed E-state index contributed by atoms with van der Waals surface area (Å²) in [5.74, 6) is 1.81. The lowest BCUT2D eigenvalue weighted by Gasteiger charge is -2.12. The van der Waals surface area contributed by atoms with Crippen molar-refractivity contribution < 1.29 is 9.53 Å². The summed E-state index contributed by atoms with van der Waals surface area (Å²) < 4.78 is 7.54. The van der Waals surface area contributed by atoms with Crippen LogP contribution < -0.4 is 10.1 Å². The highest BCUT2D eigenvalue weighted by atomic mass is 32.2. The standard InChI is InChI=1S/C22H26N4O2S/c1-5-28-19-11-9-18(10-12-19)26-21(17-8-6-7-16(4)13-17)24-25-22(26)29-14-20(27)23-15(2)3/h6-13,15H,5,14H2,1-4H3,(H,23,27). The fourth-order valence-corrected chi connectivity index (χ4v) is 3.68. The van der Waals surface area contributed by atoms with Gasteiger partial charge in [-0.3, -0.25) is 9.36 Å². The summed E-state index contributed by atoms with van der Waals surface area (Å²) in [6, 6.07) is 16.1. The van der Waals surface area contributed by atoms with Crippen molar-refractivity contribution in [2.75, 3.05) is 12.4 Å². The van der Waals surface area contributed by atoms with Crippen molar-refractivity contribution in [3.63, 3.8) is 0 Å². The summed E-state index contributed by atoms with van der Waals surface area (Å²) >= 11 is 1.37. The predicted octanol–water partition coefficient (Wildman–Crippen LogP) is 4.26. The molecule has 0 unspecified atom stereocenters. The third kappa shape index (κ3) is 5.38. The first-order valence-electron chi connectivity index (χ1n) is 9.65. The van der Waals surface area contributed by atoms with Gasteiger partial charge in [0.25, 0.3) is 0 Å². The Morgan fingerprint density at radius 1 is 1.17 bits per heavy atom. The molecule has 152 valence electrons. The molecular formula is C22H26N4O2S. The van der Waals surface area contributed by atoms with Crippen molar-refractivity contribution in [1.82, 2.24) is 20.1 Å². The lowest BCUT2D eigenvalue weighted by Crippen LogP contribution is -2.31. The van der Waals surface area contributed by atoms with Gasteiger partial charge < -0.3 is 10.1 Å². The summed E-state index contributed by atoms with van der Waals surface area (Å²) in [7, 11) is 0. The summed E-state index contributed by atoms with van der Waals surface area (Å²) in [6.07, 6.45) is 0. The Morgan fingerprint density at radius 2 is 1.93 bits per heavy atom. The van der Waals surface area contributed by atoms with Crippen LogP contribution >= 0.6 is 11.8 Å². The van der Waals surface area contributed by atoms with Gasteiger partial charge in [-0.25, -0.2) is 0 Å². The van der Waals surface area contributed by atoms with E-state index >= 15 is 0 Å². The summed E-state index contributed by atoms with van der Waals surface area (Å²) in [4.78, 5) is 12.1. The van der Waals surface area contributed by atoms with Crippen LogP contribution in [0.4, 0.5) is 0 Å². The van der Waals surface area contributed by atoms with E-state index in [0.717, 1.165) is 28.4 Å². The number of nitrogens with zero attached hydrogens (tertiary/aromatic N) is 3. The number of carbonyl (C=O) groups is 1. The number of hydrogen-bond acceptors (Lipinski definition) is 5. The van der Waals surface area contributed by atoms with Crippen LogP contribution in [0.15, 0.2) is 53.7 Å². The average Bonchev–Trinajstić information content (AvgIpc) is 3.11. The van der Waals surface area contributed by atoms with Gasteiger partial charge in [0.1, 0.15) is 5.75 Å². The number of carbonyl (C=O) groups excluding carboxylic acids is 1. The van der Waals surface area contributed by atoms with E-state index < -0.39 is 0 Å². The van der Waals surface area contributed by atoms with Crippen molar-refractivity contribution in [3.05, 3.63) is 54.1 Å². The number of aryl methyl sites for hydroxylation is 1. The first kappa shape index (κ1) is 20.9. The number of benzene rings is 2. The zero-order chi connectivity index (χ0) is 20.8. The minimum Gasteiger partial charge on any atom is -0.494 e. The van der Waals surface area contributed by atoms with Gasteiger partial charge in [-0.2, -0.15) is 0 Å². The molecule has 0 atom stereocenters. The lowest BCUT2D eigenvalue weighted by molar-refractivity contribution is -0.119. The van der Waals surface area contributed by atoms with Crippen molar-refractivity contribution in [3.8, 4) is 22.8 Å². The molecule has 3 rings (SSSR count). The molecule has 1 aromatic heterocycles. The zero-order valence-electron chi connectivity index (χ0n) is 17.2. The van der Waals surface area contributed by atoms with Crippen molar-refractivity contribution in [2.45, 2.75) is 38.9 Å². The number of rotatable bonds is 8. The largest absolute Gasteiger partial charge is 0.494 e. The van der Waals surface area contributed by atoms with Gasteiger partial charge in [0.2, 0.25) is 5.91 Å². The molecule has 1 amide bonds. The van der Waals surface area contributed by atoms with Crippen LogP contribution in [0.25, 0.3) is 17.1 Å². The van der Waals surface area contributed by atoms with E-state index in [9.17, 15) is 4.79 Å². The topological polar surface area (TPSA) is 69.0 Å². The molecule has 0 spiro atoms. The van der Waals surface area contributed by atoms with Gasteiger partial charge in [-0.15, -0.1) is 10.2 Å². The van der Waals surface area contributed by atoms with Crippen molar-refractivity contribution >= 4 is 17.7 Å². The molecule has 29 heavy (non-hydrogen) atoms. The smallest absolute Gasteiger partial charge is 0.230 e. The molecule has 0 aliphatic carbocycles. The predicted molar refractivity (Wildman–Crippen MR) is 117 cm³/mol. The molecule has 0 fully saturated rings. The van der Waals surface area contributed by atoms with Crippen LogP contribution in [0.5, 0.6) is 5.75 Å². The van der Waals surface area contributed by atoms with Crippen LogP contribution in [0.3, 0.4) is 0 Å². The molecule has 6 nitrogen and oxygen atoms in total. The molecule has 0 aliphatic rings. The fraction of sp³-hybridized carbons (Fsp3) is 0.318. The Bertz CT molecular complexity index is 967. The van der Waals surface area contributed by atoms with Gasteiger partial charge in [-0.1, -0.05) is 35.5 Å². The van der Waals surface area contributed by atoms with Crippen LogP contribution in [-0.4, -0.2) is 39.1 Å². The highest BCUT2D eigenvalue weighted by Crippen LogP contribution is 2.29.